The van der Waals surface area contributed by atoms with Crippen molar-refractivity contribution < 1.29 is 28.3 Å². The van der Waals surface area contributed by atoms with Gasteiger partial charge in [0.05, 0.1) is 0 Å². The summed E-state index contributed by atoms with van der Waals surface area (Å²) >= 11 is 0. The largest absolute Gasteiger partial charge is 0.486 e. The molecule has 0 radical (unpaired) electrons. The van der Waals surface area contributed by atoms with Crippen LogP contribution in [-0.2, 0) is 22.7 Å². The summed E-state index contributed by atoms with van der Waals surface area (Å²) in [5, 5.41) is 2.57. The molecule has 172 valence electrons. The Labute approximate surface area is 191 Å². The first-order chi connectivity index (χ1) is 16.1. The Bertz CT molecular complexity index is 1040. The van der Waals surface area contributed by atoms with Crippen molar-refractivity contribution in [1.29, 1.82) is 0 Å². The molecule has 0 atom stereocenters. The summed E-state index contributed by atoms with van der Waals surface area (Å²) in [4.78, 5) is 35.6. The van der Waals surface area contributed by atoms with Gasteiger partial charge in [-0.15, -0.1) is 0 Å². The van der Waals surface area contributed by atoms with Gasteiger partial charge in [-0.2, -0.15) is 0 Å². The second-order valence-corrected chi connectivity index (χ2v) is 6.96. The van der Waals surface area contributed by atoms with Crippen LogP contribution >= 0.6 is 0 Å². The van der Waals surface area contributed by atoms with Crippen LogP contribution in [0.5, 0.6) is 5.75 Å². The maximum Gasteiger partial charge on any atom is 0.407 e. The standard InChI is InChI=1S/C24H25N3O6/c28-22(12-7-15-25-24(30)32-16-18-8-3-1-4-9-18)26-27-23(29)21-14-13-20(33-21)17-31-19-10-5-2-6-11-19/h1-6,8-11,13-14H,7,12,15-17H2,(H,25,30)(H,26,28)(H,27,29). The second kappa shape index (κ2) is 12.6. The van der Waals surface area contributed by atoms with E-state index in [9.17, 15) is 14.4 Å². The van der Waals surface area contributed by atoms with E-state index in [4.69, 9.17) is 13.9 Å². The van der Waals surface area contributed by atoms with Gasteiger partial charge < -0.3 is 19.2 Å². The molecular weight excluding hydrogens is 426 g/mol. The fourth-order valence-corrected chi connectivity index (χ4v) is 2.71. The number of benzene rings is 2. The van der Waals surface area contributed by atoms with E-state index in [2.05, 4.69) is 16.2 Å². The number of para-hydroxylation sites is 1. The highest BCUT2D eigenvalue weighted by molar-refractivity contribution is 5.92. The quantitative estimate of drug-likeness (QED) is 0.321. The number of ether oxygens (including phenoxy) is 2. The molecule has 0 saturated heterocycles. The lowest BCUT2D eigenvalue weighted by atomic mass is 10.2. The van der Waals surface area contributed by atoms with Crippen LogP contribution in [0.25, 0.3) is 0 Å². The van der Waals surface area contributed by atoms with Crippen LogP contribution in [0.1, 0.15) is 34.7 Å². The monoisotopic (exact) mass is 451 g/mol. The van der Waals surface area contributed by atoms with Crippen molar-refractivity contribution in [2.45, 2.75) is 26.1 Å². The molecule has 0 spiro atoms. The number of hydrogen-bond donors (Lipinski definition) is 3. The average Bonchev–Trinajstić information content (AvgIpc) is 3.33. The van der Waals surface area contributed by atoms with Crippen molar-refractivity contribution in [3.05, 3.63) is 89.9 Å². The number of rotatable bonds is 10. The minimum atomic E-state index is -0.586. The number of hydrazine groups is 1. The van der Waals surface area contributed by atoms with E-state index >= 15 is 0 Å². The molecule has 0 unspecified atom stereocenters. The lowest BCUT2D eigenvalue weighted by Crippen LogP contribution is -2.41. The van der Waals surface area contributed by atoms with Crippen molar-refractivity contribution in [3.8, 4) is 5.75 Å². The van der Waals surface area contributed by atoms with Gasteiger partial charge in [-0.1, -0.05) is 48.5 Å². The molecule has 9 nitrogen and oxygen atoms in total. The van der Waals surface area contributed by atoms with Crippen molar-refractivity contribution in [2.75, 3.05) is 6.54 Å². The minimum absolute atomic E-state index is 0.0461. The van der Waals surface area contributed by atoms with Crippen LogP contribution in [-0.4, -0.2) is 24.5 Å². The molecule has 1 aromatic heterocycles. The third-order valence-corrected chi connectivity index (χ3v) is 4.39. The van der Waals surface area contributed by atoms with Crippen LogP contribution in [0.3, 0.4) is 0 Å². The van der Waals surface area contributed by atoms with Gasteiger partial charge in [0, 0.05) is 13.0 Å². The lowest BCUT2D eigenvalue weighted by molar-refractivity contribution is -0.121. The molecular formula is C24H25N3O6. The summed E-state index contributed by atoms with van der Waals surface area (Å²) in [5.41, 5.74) is 5.48. The third kappa shape index (κ3) is 8.41. The predicted octanol–water partition coefficient (Wildman–Crippen LogP) is 3.33. The third-order valence-electron chi connectivity index (χ3n) is 4.39. The van der Waals surface area contributed by atoms with Gasteiger partial charge in [0.1, 0.15) is 24.7 Å². The normalized spacial score (nSPS) is 10.2. The van der Waals surface area contributed by atoms with Gasteiger partial charge in [0.25, 0.3) is 0 Å². The lowest BCUT2D eigenvalue weighted by Gasteiger charge is -2.08. The highest BCUT2D eigenvalue weighted by atomic mass is 16.5. The summed E-state index contributed by atoms with van der Waals surface area (Å²) in [6, 6.07) is 21.7. The topological polar surface area (TPSA) is 119 Å². The van der Waals surface area contributed by atoms with E-state index in [0.717, 1.165) is 5.56 Å². The molecule has 2 aromatic carbocycles. The van der Waals surface area contributed by atoms with Crippen LogP contribution in [0.4, 0.5) is 4.79 Å². The van der Waals surface area contributed by atoms with E-state index in [1.807, 2.05) is 60.7 Å². The summed E-state index contributed by atoms with van der Waals surface area (Å²) < 4.78 is 16.1. The van der Waals surface area contributed by atoms with Gasteiger partial charge in [-0.25, -0.2) is 4.79 Å². The maximum atomic E-state index is 12.1. The molecule has 3 rings (SSSR count). The Hall–Kier alpha value is -4.27. The Kier molecular flexibility index (Phi) is 8.90. The molecule has 0 saturated carbocycles. The summed E-state index contributed by atoms with van der Waals surface area (Å²) in [6.07, 6.45) is -0.0744. The number of amides is 3. The zero-order chi connectivity index (χ0) is 23.3. The first-order valence-electron chi connectivity index (χ1n) is 10.4. The van der Waals surface area contributed by atoms with Crippen molar-refractivity contribution in [1.82, 2.24) is 16.2 Å². The molecule has 33 heavy (non-hydrogen) atoms. The van der Waals surface area contributed by atoms with Crippen LogP contribution in [0.2, 0.25) is 0 Å². The molecule has 0 bridgehead atoms. The number of furan rings is 1. The van der Waals surface area contributed by atoms with Crippen molar-refractivity contribution in [3.63, 3.8) is 0 Å². The maximum absolute atomic E-state index is 12.1. The number of hydrogen-bond acceptors (Lipinski definition) is 6. The van der Waals surface area contributed by atoms with Crippen molar-refractivity contribution >= 4 is 17.9 Å². The summed E-state index contributed by atoms with van der Waals surface area (Å²) in [5.74, 6) is 0.218. The Balaban J connectivity index is 1.27. The molecule has 0 aliphatic heterocycles. The summed E-state index contributed by atoms with van der Waals surface area (Å²) in [6.45, 7) is 0.606. The zero-order valence-corrected chi connectivity index (χ0v) is 17.9. The number of alkyl carbamates (subject to hydrolysis) is 1. The fourth-order valence-electron chi connectivity index (χ4n) is 2.71. The van der Waals surface area contributed by atoms with E-state index < -0.39 is 17.9 Å². The van der Waals surface area contributed by atoms with Gasteiger partial charge in [0.2, 0.25) is 5.91 Å². The molecule has 3 N–H and O–H groups in total. The molecule has 9 heteroatoms. The highest BCUT2D eigenvalue weighted by Crippen LogP contribution is 2.13. The van der Waals surface area contributed by atoms with E-state index in [1.54, 1.807) is 6.07 Å². The summed E-state index contributed by atoms with van der Waals surface area (Å²) in [7, 11) is 0. The van der Waals surface area contributed by atoms with Gasteiger partial charge in [-0.05, 0) is 36.2 Å². The smallest absolute Gasteiger partial charge is 0.407 e. The Morgan fingerprint density at radius 1 is 0.818 bits per heavy atom. The number of carbonyl (C=O) groups excluding carboxylic acids is 3. The first-order valence-corrected chi connectivity index (χ1v) is 10.4. The molecule has 3 amide bonds. The fraction of sp³-hybridized carbons (Fsp3) is 0.208. The van der Waals surface area contributed by atoms with E-state index in [-0.39, 0.29) is 31.9 Å². The molecule has 1 heterocycles. The van der Waals surface area contributed by atoms with Crippen LogP contribution in [0, 0.1) is 0 Å². The Morgan fingerprint density at radius 3 is 2.30 bits per heavy atom. The molecule has 3 aromatic rings. The van der Waals surface area contributed by atoms with E-state index in [0.29, 0.717) is 17.9 Å². The zero-order valence-electron chi connectivity index (χ0n) is 17.9. The van der Waals surface area contributed by atoms with Crippen LogP contribution < -0.4 is 20.9 Å². The minimum Gasteiger partial charge on any atom is -0.486 e. The van der Waals surface area contributed by atoms with Crippen molar-refractivity contribution in [2.24, 2.45) is 0 Å². The van der Waals surface area contributed by atoms with Gasteiger partial charge in [0.15, 0.2) is 5.76 Å². The second-order valence-electron chi connectivity index (χ2n) is 6.96. The molecule has 0 fully saturated rings. The predicted molar refractivity (Wildman–Crippen MR) is 119 cm³/mol. The average molecular weight is 451 g/mol. The number of nitrogens with one attached hydrogen (secondary N) is 3. The van der Waals surface area contributed by atoms with Gasteiger partial charge >= 0.3 is 12.0 Å². The van der Waals surface area contributed by atoms with Gasteiger partial charge in [-0.3, -0.25) is 20.4 Å². The Morgan fingerprint density at radius 2 is 1.55 bits per heavy atom. The van der Waals surface area contributed by atoms with E-state index in [1.165, 1.54) is 6.07 Å². The van der Waals surface area contributed by atoms with Crippen LogP contribution in [0.15, 0.2) is 77.2 Å². The molecule has 0 aliphatic rings. The highest BCUT2D eigenvalue weighted by Gasteiger charge is 2.13. The first kappa shape index (κ1) is 23.4. The molecule has 0 aliphatic carbocycles. The SMILES string of the molecule is O=C(CCCNC(=O)OCc1ccccc1)NNC(=O)c1ccc(COc2ccccc2)o1. The number of carbonyl (C=O) groups is 3.